The zero-order chi connectivity index (χ0) is 12.6. The zero-order valence-electron chi connectivity index (χ0n) is 9.63. The molecule has 1 nitrogen and oxygen atoms in total. The molecule has 1 atom stereocenters. The molecule has 0 saturated carbocycles. The molecule has 0 amide bonds. The maximum atomic E-state index is 13.2. The smallest absolute Gasteiger partial charge is 0.123 e. The number of nitrogens with two attached hydrogens (primary N) is 1. The first-order chi connectivity index (χ1) is 7.99. The van der Waals surface area contributed by atoms with Crippen LogP contribution < -0.4 is 5.73 Å². The largest absolute Gasteiger partial charge is 0.320 e. The average Bonchev–Trinajstić information content (AvgIpc) is 2.63. The van der Waals surface area contributed by atoms with Crippen molar-refractivity contribution in [3.8, 4) is 0 Å². The molecule has 0 bridgehead atoms. The van der Waals surface area contributed by atoms with E-state index in [9.17, 15) is 4.39 Å². The van der Waals surface area contributed by atoms with Crippen molar-refractivity contribution < 1.29 is 4.39 Å². The number of hydrogen-bond acceptors (Lipinski definition) is 2. The van der Waals surface area contributed by atoms with E-state index < -0.39 is 0 Å². The molecule has 1 aromatic carbocycles. The van der Waals surface area contributed by atoms with Crippen LogP contribution in [0.2, 0.25) is 0 Å². The number of rotatable bonds is 2. The maximum Gasteiger partial charge on any atom is 0.123 e. The van der Waals surface area contributed by atoms with E-state index in [1.54, 1.807) is 23.5 Å². The van der Waals surface area contributed by atoms with Crippen molar-refractivity contribution in [1.82, 2.24) is 0 Å². The molecule has 17 heavy (non-hydrogen) atoms. The van der Waals surface area contributed by atoms with Gasteiger partial charge >= 0.3 is 0 Å². The lowest BCUT2D eigenvalue weighted by Crippen LogP contribution is -2.14. The quantitative estimate of drug-likeness (QED) is 0.799. The monoisotopic (exact) mass is 361 g/mol. The van der Waals surface area contributed by atoms with Gasteiger partial charge in [-0.25, -0.2) is 4.39 Å². The highest BCUT2D eigenvalue weighted by Crippen LogP contribution is 2.29. The van der Waals surface area contributed by atoms with Gasteiger partial charge in [0, 0.05) is 0 Å². The number of aryl methyl sites for hydroxylation is 2. The van der Waals surface area contributed by atoms with Gasteiger partial charge in [0.25, 0.3) is 0 Å². The molecule has 1 aromatic heterocycles. The molecule has 0 aliphatic carbocycles. The van der Waals surface area contributed by atoms with Crippen molar-refractivity contribution >= 4 is 33.9 Å². The molecule has 1 unspecified atom stereocenters. The fraction of sp³-hybridized carbons (Fsp3) is 0.231. The third-order valence-electron chi connectivity index (χ3n) is 2.82. The van der Waals surface area contributed by atoms with Gasteiger partial charge in [-0.05, 0) is 82.3 Å². The molecule has 0 saturated heterocycles. The van der Waals surface area contributed by atoms with Crippen molar-refractivity contribution in [1.29, 1.82) is 0 Å². The molecule has 0 radical (unpaired) electrons. The number of benzene rings is 1. The summed E-state index contributed by atoms with van der Waals surface area (Å²) in [6, 6.07) is 4.99. The normalized spacial score (nSPS) is 12.8. The maximum absolute atomic E-state index is 13.2. The summed E-state index contributed by atoms with van der Waals surface area (Å²) in [4.78, 5) is 0. The van der Waals surface area contributed by atoms with Gasteiger partial charge in [-0.2, -0.15) is 0 Å². The molecule has 0 aliphatic heterocycles. The minimum absolute atomic E-state index is 0.171. The molecule has 4 heteroatoms. The minimum atomic E-state index is -0.198. The highest BCUT2D eigenvalue weighted by Gasteiger charge is 2.16. The molecular weight excluding hydrogens is 348 g/mol. The van der Waals surface area contributed by atoms with Crippen LogP contribution in [0.25, 0.3) is 0 Å². The lowest BCUT2D eigenvalue weighted by atomic mass is 9.93. The summed E-state index contributed by atoms with van der Waals surface area (Å²) in [6.45, 7) is 3.81. The SMILES string of the molecule is Cc1cc(F)cc(C)c1C(N)c1csc(I)c1. The third-order valence-corrected chi connectivity index (χ3v) is 4.62. The Hall–Kier alpha value is -0.460. The summed E-state index contributed by atoms with van der Waals surface area (Å²) in [5, 5.41) is 2.06. The standard InChI is InChI=1S/C13H13FINS/c1-7-3-10(14)4-8(2)12(7)13(16)9-5-11(15)17-6-9/h3-6,13H,16H2,1-2H3. The van der Waals surface area contributed by atoms with Crippen LogP contribution in [0.3, 0.4) is 0 Å². The lowest BCUT2D eigenvalue weighted by molar-refractivity contribution is 0.623. The Morgan fingerprint density at radius 2 is 1.82 bits per heavy atom. The fourth-order valence-electron chi connectivity index (χ4n) is 2.07. The van der Waals surface area contributed by atoms with E-state index in [0.29, 0.717) is 0 Å². The van der Waals surface area contributed by atoms with Crippen molar-refractivity contribution in [3.63, 3.8) is 0 Å². The topological polar surface area (TPSA) is 26.0 Å². The summed E-state index contributed by atoms with van der Waals surface area (Å²) in [7, 11) is 0. The second-order valence-electron chi connectivity index (χ2n) is 4.12. The van der Waals surface area contributed by atoms with Crippen LogP contribution in [0.15, 0.2) is 23.6 Å². The molecule has 0 spiro atoms. The van der Waals surface area contributed by atoms with Crippen LogP contribution in [-0.2, 0) is 0 Å². The first-order valence-electron chi connectivity index (χ1n) is 5.25. The highest BCUT2D eigenvalue weighted by atomic mass is 127. The first-order valence-corrected chi connectivity index (χ1v) is 7.21. The Balaban J connectivity index is 2.47. The summed E-state index contributed by atoms with van der Waals surface area (Å²) < 4.78 is 14.5. The Labute approximate surface area is 118 Å². The van der Waals surface area contributed by atoms with Gasteiger partial charge in [0.15, 0.2) is 0 Å². The Bertz CT molecular complexity index is 527. The molecule has 2 N–H and O–H groups in total. The van der Waals surface area contributed by atoms with Crippen LogP contribution >= 0.6 is 33.9 Å². The van der Waals surface area contributed by atoms with Crippen LogP contribution in [0.5, 0.6) is 0 Å². The van der Waals surface area contributed by atoms with Gasteiger partial charge in [-0.3, -0.25) is 0 Å². The Kier molecular flexibility index (Phi) is 3.85. The predicted molar refractivity (Wildman–Crippen MR) is 78.9 cm³/mol. The van der Waals surface area contributed by atoms with Gasteiger partial charge in [-0.15, -0.1) is 11.3 Å². The molecule has 2 rings (SSSR count). The number of thiophene rings is 1. The van der Waals surface area contributed by atoms with Crippen molar-refractivity contribution in [2.24, 2.45) is 5.73 Å². The van der Waals surface area contributed by atoms with E-state index in [0.717, 1.165) is 22.3 Å². The van der Waals surface area contributed by atoms with E-state index in [4.69, 9.17) is 5.73 Å². The minimum Gasteiger partial charge on any atom is -0.320 e. The Morgan fingerprint density at radius 3 is 2.29 bits per heavy atom. The zero-order valence-corrected chi connectivity index (χ0v) is 12.6. The van der Waals surface area contributed by atoms with E-state index in [1.165, 1.54) is 2.88 Å². The van der Waals surface area contributed by atoms with Crippen LogP contribution in [0.1, 0.15) is 28.3 Å². The van der Waals surface area contributed by atoms with Crippen molar-refractivity contribution in [2.45, 2.75) is 19.9 Å². The second kappa shape index (κ2) is 5.04. The first kappa shape index (κ1) is 13.0. The summed E-state index contributed by atoms with van der Waals surface area (Å²) >= 11 is 3.95. The molecule has 0 aliphatic rings. The predicted octanol–water partition coefficient (Wildman–Crippen LogP) is 4.16. The summed E-state index contributed by atoms with van der Waals surface area (Å²) in [6.07, 6.45) is 0. The second-order valence-corrected chi connectivity index (χ2v) is 6.92. The van der Waals surface area contributed by atoms with E-state index in [2.05, 4.69) is 34.0 Å². The molecule has 90 valence electrons. The van der Waals surface area contributed by atoms with Crippen molar-refractivity contribution in [3.05, 3.63) is 54.5 Å². The van der Waals surface area contributed by atoms with Crippen molar-refractivity contribution in [2.75, 3.05) is 0 Å². The van der Waals surface area contributed by atoms with Gasteiger partial charge in [0.2, 0.25) is 0 Å². The molecule has 2 aromatic rings. The summed E-state index contributed by atoms with van der Waals surface area (Å²) in [5.74, 6) is -0.198. The lowest BCUT2D eigenvalue weighted by Gasteiger charge is -2.16. The van der Waals surface area contributed by atoms with Gasteiger partial charge in [-0.1, -0.05) is 0 Å². The summed E-state index contributed by atoms with van der Waals surface area (Å²) in [5.41, 5.74) is 10.2. The van der Waals surface area contributed by atoms with E-state index >= 15 is 0 Å². The molecular formula is C13H13FINS. The van der Waals surface area contributed by atoms with Crippen LogP contribution in [-0.4, -0.2) is 0 Å². The van der Waals surface area contributed by atoms with Crippen LogP contribution in [0, 0.1) is 22.5 Å². The van der Waals surface area contributed by atoms with Gasteiger partial charge in [0.05, 0.1) is 8.93 Å². The molecule has 1 heterocycles. The average molecular weight is 361 g/mol. The van der Waals surface area contributed by atoms with Crippen LogP contribution in [0.4, 0.5) is 4.39 Å². The van der Waals surface area contributed by atoms with Gasteiger partial charge in [0.1, 0.15) is 5.82 Å². The Morgan fingerprint density at radius 1 is 1.24 bits per heavy atom. The highest BCUT2D eigenvalue weighted by molar-refractivity contribution is 14.1. The molecule has 0 fully saturated rings. The number of halogens is 2. The number of hydrogen-bond donors (Lipinski definition) is 1. The van der Waals surface area contributed by atoms with Gasteiger partial charge < -0.3 is 5.73 Å². The van der Waals surface area contributed by atoms with E-state index in [-0.39, 0.29) is 11.9 Å². The fourth-order valence-corrected chi connectivity index (χ4v) is 3.47. The third kappa shape index (κ3) is 2.69. The van der Waals surface area contributed by atoms with E-state index in [1.807, 2.05) is 13.8 Å².